The summed E-state index contributed by atoms with van der Waals surface area (Å²) in [5.74, 6) is -0.0455. The molecule has 1 amide bonds. The first-order chi connectivity index (χ1) is 5.63. The molecule has 1 aliphatic rings. The smallest absolute Gasteiger partial charge is 0.407 e. The fourth-order valence-corrected chi connectivity index (χ4v) is 1.29. The number of piperidine rings is 1. The molecular weight excluding hydrogens is 158 g/mol. The summed E-state index contributed by atoms with van der Waals surface area (Å²) in [5, 5.41) is 8.61. The molecule has 0 radical (unpaired) electrons. The van der Waals surface area contributed by atoms with Crippen LogP contribution in [0.3, 0.4) is 0 Å². The molecule has 1 aliphatic heterocycles. The lowest BCUT2D eigenvalue weighted by atomic mass is 9.98. The Kier molecular flexibility index (Phi) is 2.47. The average Bonchev–Trinajstić information content (AvgIpc) is 2.03. The van der Waals surface area contributed by atoms with E-state index >= 15 is 0 Å². The lowest BCUT2D eigenvalue weighted by Gasteiger charge is -2.27. The Morgan fingerprint density at radius 3 is 2.92 bits per heavy atom. The quantitative estimate of drug-likeness (QED) is 0.589. The number of hydrogen-bond acceptors (Lipinski definition) is 2. The van der Waals surface area contributed by atoms with Crippen LogP contribution in [0.25, 0.3) is 0 Å². The van der Waals surface area contributed by atoms with Crippen LogP contribution >= 0.6 is 0 Å². The van der Waals surface area contributed by atoms with Gasteiger partial charge in [-0.1, -0.05) is 6.08 Å². The van der Waals surface area contributed by atoms with Crippen LogP contribution in [0.1, 0.15) is 6.42 Å². The predicted octanol–water partition coefficient (Wildman–Crippen LogP) is 0.741. The summed E-state index contributed by atoms with van der Waals surface area (Å²) in [6, 6.07) is 0. The lowest BCUT2D eigenvalue weighted by Crippen LogP contribution is -2.43. The highest BCUT2D eigenvalue weighted by Gasteiger charge is 2.26. The summed E-state index contributed by atoms with van der Waals surface area (Å²) >= 11 is 0. The monoisotopic (exact) mass is 169 g/mol. The van der Waals surface area contributed by atoms with Gasteiger partial charge < -0.3 is 10.0 Å². The highest BCUT2D eigenvalue weighted by Crippen LogP contribution is 2.14. The van der Waals surface area contributed by atoms with E-state index in [0.29, 0.717) is 13.0 Å². The van der Waals surface area contributed by atoms with Gasteiger partial charge in [-0.25, -0.2) is 4.79 Å². The Balaban J connectivity index is 2.62. The number of hydrogen-bond donors (Lipinski definition) is 1. The first-order valence-corrected chi connectivity index (χ1v) is 3.75. The average molecular weight is 169 g/mol. The van der Waals surface area contributed by atoms with E-state index in [1.54, 1.807) is 6.08 Å². The number of ketones is 1. The summed E-state index contributed by atoms with van der Waals surface area (Å²) < 4.78 is 0. The standard InChI is InChI=1S/C8H11NO3/c1-2-6-3-7(10)5-9(4-6)8(11)12/h2,6H,1,3-5H2,(H,11,12). The topological polar surface area (TPSA) is 57.6 Å². The van der Waals surface area contributed by atoms with Crippen LogP contribution < -0.4 is 0 Å². The summed E-state index contributed by atoms with van der Waals surface area (Å²) in [6.07, 6.45) is 1.02. The van der Waals surface area contributed by atoms with Crippen molar-refractivity contribution in [2.24, 2.45) is 5.92 Å². The van der Waals surface area contributed by atoms with Crippen LogP contribution in [0.5, 0.6) is 0 Å². The molecule has 0 aromatic rings. The van der Waals surface area contributed by atoms with Gasteiger partial charge in [-0.05, 0) is 0 Å². The van der Waals surface area contributed by atoms with Crippen LogP contribution in [0, 0.1) is 5.92 Å². The molecule has 1 rings (SSSR count). The van der Waals surface area contributed by atoms with E-state index in [9.17, 15) is 9.59 Å². The van der Waals surface area contributed by atoms with Gasteiger partial charge in [0, 0.05) is 18.9 Å². The fraction of sp³-hybridized carbons (Fsp3) is 0.500. The predicted molar refractivity (Wildman–Crippen MR) is 42.9 cm³/mol. The normalized spacial score (nSPS) is 23.8. The third-order valence-corrected chi connectivity index (χ3v) is 1.92. The number of carbonyl (C=O) groups excluding carboxylic acids is 1. The number of likely N-dealkylation sites (tertiary alicyclic amines) is 1. The molecule has 1 fully saturated rings. The highest BCUT2D eigenvalue weighted by molar-refractivity contribution is 5.85. The third-order valence-electron chi connectivity index (χ3n) is 1.92. The number of rotatable bonds is 1. The van der Waals surface area contributed by atoms with Crippen molar-refractivity contribution in [2.45, 2.75) is 6.42 Å². The Hall–Kier alpha value is -1.32. The Morgan fingerprint density at radius 1 is 1.75 bits per heavy atom. The molecule has 4 nitrogen and oxygen atoms in total. The molecule has 12 heavy (non-hydrogen) atoms. The van der Waals surface area contributed by atoms with Gasteiger partial charge in [0.1, 0.15) is 0 Å². The van der Waals surface area contributed by atoms with E-state index in [1.165, 1.54) is 0 Å². The van der Waals surface area contributed by atoms with Crippen molar-refractivity contribution >= 4 is 11.9 Å². The first-order valence-electron chi connectivity index (χ1n) is 3.75. The molecule has 0 spiro atoms. The summed E-state index contributed by atoms with van der Waals surface area (Å²) in [6.45, 7) is 3.96. The molecular formula is C8H11NO3. The Bertz CT molecular complexity index is 224. The van der Waals surface area contributed by atoms with E-state index in [0.717, 1.165) is 4.90 Å². The SMILES string of the molecule is C=CC1CC(=O)CN(C(=O)O)C1. The summed E-state index contributed by atoms with van der Waals surface area (Å²) in [7, 11) is 0. The van der Waals surface area contributed by atoms with Gasteiger partial charge in [-0.2, -0.15) is 0 Å². The van der Waals surface area contributed by atoms with Crippen molar-refractivity contribution in [3.05, 3.63) is 12.7 Å². The summed E-state index contributed by atoms with van der Waals surface area (Å²) in [5.41, 5.74) is 0. The van der Waals surface area contributed by atoms with Gasteiger partial charge in [-0.15, -0.1) is 6.58 Å². The van der Waals surface area contributed by atoms with E-state index < -0.39 is 6.09 Å². The molecule has 0 saturated carbocycles. The number of carbonyl (C=O) groups is 2. The zero-order valence-electron chi connectivity index (χ0n) is 6.69. The van der Waals surface area contributed by atoms with Crippen LogP contribution in [0.2, 0.25) is 0 Å². The third kappa shape index (κ3) is 1.84. The maximum Gasteiger partial charge on any atom is 0.407 e. The van der Waals surface area contributed by atoms with Crippen LogP contribution in [-0.2, 0) is 4.79 Å². The maximum absolute atomic E-state index is 11.0. The van der Waals surface area contributed by atoms with Gasteiger partial charge in [-0.3, -0.25) is 4.79 Å². The molecule has 0 aromatic heterocycles. The number of amides is 1. The van der Waals surface area contributed by atoms with Crippen molar-refractivity contribution < 1.29 is 14.7 Å². The number of Topliss-reactive ketones (excluding diaryl/α,β-unsaturated/α-hetero) is 1. The van der Waals surface area contributed by atoms with Crippen molar-refractivity contribution in [1.82, 2.24) is 4.90 Å². The Morgan fingerprint density at radius 2 is 2.42 bits per heavy atom. The maximum atomic E-state index is 11.0. The van der Waals surface area contributed by atoms with Crippen molar-refractivity contribution in [3.8, 4) is 0 Å². The second kappa shape index (κ2) is 3.38. The molecule has 1 N–H and O–H groups in total. The van der Waals surface area contributed by atoms with Gasteiger partial charge in [0.2, 0.25) is 0 Å². The largest absolute Gasteiger partial charge is 0.465 e. The molecule has 0 aromatic carbocycles. The molecule has 4 heteroatoms. The molecule has 1 saturated heterocycles. The second-order valence-corrected chi connectivity index (χ2v) is 2.90. The van der Waals surface area contributed by atoms with Crippen molar-refractivity contribution in [2.75, 3.05) is 13.1 Å². The molecule has 1 atom stereocenters. The van der Waals surface area contributed by atoms with Gasteiger partial charge in [0.05, 0.1) is 6.54 Å². The van der Waals surface area contributed by atoms with Crippen molar-refractivity contribution in [1.29, 1.82) is 0 Å². The highest BCUT2D eigenvalue weighted by atomic mass is 16.4. The minimum absolute atomic E-state index is 0.0117. The van der Waals surface area contributed by atoms with Crippen LogP contribution in [-0.4, -0.2) is 35.0 Å². The second-order valence-electron chi connectivity index (χ2n) is 2.90. The summed E-state index contributed by atoms with van der Waals surface area (Å²) in [4.78, 5) is 22.6. The van der Waals surface area contributed by atoms with Gasteiger partial charge in [0.15, 0.2) is 5.78 Å². The van der Waals surface area contributed by atoms with E-state index in [1.807, 2.05) is 0 Å². The molecule has 0 bridgehead atoms. The van der Waals surface area contributed by atoms with Crippen molar-refractivity contribution in [3.63, 3.8) is 0 Å². The molecule has 1 unspecified atom stereocenters. The minimum Gasteiger partial charge on any atom is -0.465 e. The van der Waals surface area contributed by atoms with Gasteiger partial charge in [0.25, 0.3) is 0 Å². The van der Waals surface area contributed by atoms with Gasteiger partial charge >= 0.3 is 6.09 Å². The van der Waals surface area contributed by atoms with E-state index in [-0.39, 0.29) is 18.2 Å². The zero-order chi connectivity index (χ0) is 9.14. The van der Waals surface area contributed by atoms with Crippen LogP contribution in [0.15, 0.2) is 12.7 Å². The molecule has 66 valence electrons. The number of carboxylic acid groups (broad SMARTS) is 1. The van der Waals surface area contributed by atoms with E-state index in [2.05, 4.69) is 6.58 Å². The molecule has 0 aliphatic carbocycles. The zero-order valence-corrected chi connectivity index (χ0v) is 6.69. The first kappa shape index (κ1) is 8.77. The minimum atomic E-state index is -1.03. The lowest BCUT2D eigenvalue weighted by molar-refractivity contribution is -0.122. The molecule has 1 heterocycles. The Labute approximate surface area is 70.5 Å². The number of nitrogens with zero attached hydrogens (tertiary/aromatic N) is 1. The fourth-order valence-electron chi connectivity index (χ4n) is 1.29. The van der Waals surface area contributed by atoms with E-state index in [4.69, 9.17) is 5.11 Å². The van der Waals surface area contributed by atoms with Crippen LogP contribution in [0.4, 0.5) is 4.79 Å².